The highest BCUT2D eigenvalue weighted by Gasteiger charge is 2.12. The Bertz CT molecular complexity index is 769. The third kappa shape index (κ3) is 2.71. The molecule has 0 aliphatic rings. The largest absolute Gasteiger partial charge is 0.297 e. The number of hydrogen-bond acceptors (Lipinski definition) is 6. The summed E-state index contributed by atoms with van der Waals surface area (Å²) >= 11 is 0. The van der Waals surface area contributed by atoms with Crippen molar-refractivity contribution in [3.05, 3.63) is 59.8 Å². The highest BCUT2D eigenvalue weighted by atomic mass is 16.5. The number of benzene rings is 1. The standard InChI is InChI=1S/C13H13N7O/c14-12(17-19-21)11-7-20-8-15-18-13(20)10(16-11)6-9-4-2-1-3-5-9/h1-5,7-8,19,21H,6H2,(H2,14,17). The molecule has 8 heteroatoms. The van der Waals surface area contributed by atoms with E-state index in [2.05, 4.69) is 20.6 Å². The van der Waals surface area contributed by atoms with Crippen LogP contribution in [-0.4, -0.2) is 30.6 Å². The molecule has 106 valence electrons. The summed E-state index contributed by atoms with van der Waals surface area (Å²) in [7, 11) is 0. The molecular formula is C13H13N7O. The van der Waals surface area contributed by atoms with Crippen LogP contribution in [0.25, 0.3) is 5.65 Å². The van der Waals surface area contributed by atoms with Crippen molar-refractivity contribution in [2.75, 3.05) is 0 Å². The second-order valence-corrected chi connectivity index (χ2v) is 4.41. The fraction of sp³-hybridized carbons (Fsp3) is 0.0769. The summed E-state index contributed by atoms with van der Waals surface area (Å²) in [5, 5.41) is 24.3. The van der Waals surface area contributed by atoms with Gasteiger partial charge in [0.2, 0.25) is 0 Å². The molecule has 0 radical (unpaired) electrons. The Morgan fingerprint density at radius 1 is 1.29 bits per heavy atom. The molecule has 4 N–H and O–H groups in total. The van der Waals surface area contributed by atoms with E-state index in [1.807, 2.05) is 30.3 Å². The van der Waals surface area contributed by atoms with Crippen molar-refractivity contribution >= 4 is 11.5 Å². The van der Waals surface area contributed by atoms with Crippen LogP contribution in [0, 0.1) is 5.41 Å². The van der Waals surface area contributed by atoms with Gasteiger partial charge in [0, 0.05) is 12.6 Å². The maximum absolute atomic E-state index is 8.61. The lowest BCUT2D eigenvalue weighted by Crippen LogP contribution is -2.35. The molecule has 0 unspecified atom stereocenters. The quantitative estimate of drug-likeness (QED) is 0.316. The molecular weight excluding hydrogens is 270 g/mol. The zero-order valence-corrected chi connectivity index (χ0v) is 11.0. The van der Waals surface area contributed by atoms with Gasteiger partial charge in [0.05, 0.1) is 5.69 Å². The lowest BCUT2D eigenvalue weighted by atomic mass is 10.1. The van der Waals surface area contributed by atoms with E-state index in [9.17, 15) is 0 Å². The molecule has 0 amide bonds. The number of nitrogens with zero attached hydrogens (tertiary/aromatic N) is 4. The maximum Gasteiger partial charge on any atom is 0.182 e. The summed E-state index contributed by atoms with van der Waals surface area (Å²) < 4.78 is 1.70. The molecule has 0 aliphatic carbocycles. The van der Waals surface area contributed by atoms with Gasteiger partial charge in [-0.15, -0.1) is 15.8 Å². The predicted octanol–water partition coefficient (Wildman–Crippen LogP) is 0.524. The topological polar surface area (TPSA) is 111 Å². The Hall–Kier alpha value is -2.84. The molecule has 1 aromatic carbocycles. The first-order chi connectivity index (χ1) is 10.3. The van der Waals surface area contributed by atoms with Gasteiger partial charge in [-0.2, -0.15) is 0 Å². The normalized spacial score (nSPS) is 10.7. The first kappa shape index (κ1) is 13.2. The van der Waals surface area contributed by atoms with Gasteiger partial charge in [-0.1, -0.05) is 30.3 Å². The van der Waals surface area contributed by atoms with Crippen LogP contribution in [-0.2, 0) is 6.42 Å². The van der Waals surface area contributed by atoms with Crippen LogP contribution in [0.5, 0.6) is 0 Å². The van der Waals surface area contributed by atoms with Crippen LogP contribution in [0.1, 0.15) is 17.0 Å². The van der Waals surface area contributed by atoms with Crippen LogP contribution >= 0.6 is 0 Å². The molecule has 8 nitrogen and oxygen atoms in total. The van der Waals surface area contributed by atoms with Gasteiger partial charge in [-0.05, 0) is 5.56 Å². The van der Waals surface area contributed by atoms with E-state index in [0.29, 0.717) is 23.5 Å². The van der Waals surface area contributed by atoms with Crippen molar-refractivity contribution in [2.24, 2.45) is 0 Å². The molecule has 0 spiro atoms. The Balaban J connectivity index is 2.03. The summed E-state index contributed by atoms with van der Waals surface area (Å²) in [5.41, 5.74) is 6.82. The summed E-state index contributed by atoms with van der Waals surface area (Å²) in [6, 6.07) is 9.87. The van der Waals surface area contributed by atoms with Gasteiger partial charge >= 0.3 is 0 Å². The minimum atomic E-state index is -0.0533. The fourth-order valence-corrected chi connectivity index (χ4v) is 2.05. The van der Waals surface area contributed by atoms with Crippen molar-refractivity contribution in [1.29, 1.82) is 5.41 Å². The van der Waals surface area contributed by atoms with E-state index in [4.69, 9.17) is 10.6 Å². The van der Waals surface area contributed by atoms with Crippen LogP contribution < -0.4 is 11.0 Å². The highest BCUT2D eigenvalue weighted by molar-refractivity contribution is 5.94. The number of amidine groups is 1. The molecule has 2 heterocycles. The van der Waals surface area contributed by atoms with Gasteiger partial charge in [-0.3, -0.25) is 20.4 Å². The van der Waals surface area contributed by atoms with Crippen molar-refractivity contribution in [2.45, 2.75) is 6.42 Å². The number of fused-ring (bicyclic) bond motifs is 1. The van der Waals surface area contributed by atoms with E-state index < -0.39 is 0 Å². The van der Waals surface area contributed by atoms with E-state index in [0.717, 1.165) is 5.56 Å². The van der Waals surface area contributed by atoms with Crippen molar-refractivity contribution < 1.29 is 5.21 Å². The van der Waals surface area contributed by atoms with Crippen LogP contribution in [0.4, 0.5) is 0 Å². The SMILES string of the molecule is N=C(NNO)c1cn2cnnc2c(Cc2ccccc2)n1. The number of aromatic nitrogens is 4. The van der Waals surface area contributed by atoms with E-state index >= 15 is 0 Å². The van der Waals surface area contributed by atoms with E-state index in [1.165, 1.54) is 0 Å². The van der Waals surface area contributed by atoms with Crippen LogP contribution in [0.15, 0.2) is 42.9 Å². The molecule has 21 heavy (non-hydrogen) atoms. The van der Waals surface area contributed by atoms with Gasteiger partial charge in [0.15, 0.2) is 11.5 Å². The minimum absolute atomic E-state index is 0.0533. The average Bonchev–Trinajstić information content (AvgIpc) is 2.97. The number of rotatable bonds is 4. The Kier molecular flexibility index (Phi) is 3.54. The molecule has 0 saturated heterocycles. The molecule has 3 aromatic rings. The maximum atomic E-state index is 8.61. The first-order valence-electron chi connectivity index (χ1n) is 6.25. The van der Waals surface area contributed by atoms with E-state index in [1.54, 1.807) is 22.5 Å². The Morgan fingerprint density at radius 3 is 2.86 bits per heavy atom. The molecule has 0 bridgehead atoms. The minimum Gasteiger partial charge on any atom is -0.297 e. The molecule has 2 aromatic heterocycles. The summed E-state index contributed by atoms with van der Waals surface area (Å²) in [4.78, 5) is 4.43. The van der Waals surface area contributed by atoms with Crippen molar-refractivity contribution in [3.8, 4) is 0 Å². The summed E-state index contributed by atoms with van der Waals surface area (Å²) in [5.74, 6) is -0.0533. The van der Waals surface area contributed by atoms with Gasteiger partial charge < -0.3 is 0 Å². The Labute approximate surface area is 119 Å². The second kappa shape index (κ2) is 5.65. The zero-order chi connectivity index (χ0) is 14.7. The molecule has 0 fully saturated rings. The van der Waals surface area contributed by atoms with Crippen LogP contribution in [0.2, 0.25) is 0 Å². The smallest absolute Gasteiger partial charge is 0.182 e. The number of nitrogens with one attached hydrogen (secondary N) is 3. The molecule has 0 saturated carbocycles. The summed E-state index contributed by atoms with van der Waals surface area (Å²) in [6.07, 6.45) is 3.75. The lowest BCUT2D eigenvalue weighted by molar-refractivity contribution is 0.144. The van der Waals surface area contributed by atoms with Gasteiger partial charge in [-0.25, -0.2) is 4.98 Å². The Morgan fingerprint density at radius 2 is 2.10 bits per heavy atom. The third-order valence-electron chi connectivity index (χ3n) is 3.00. The average molecular weight is 283 g/mol. The lowest BCUT2D eigenvalue weighted by Gasteiger charge is -2.08. The molecule has 3 rings (SSSR count). The van der Waals surface area contributed by atoms with Crippen LogP contribution in [0.3, 0.4) is 0 Å². The highest BCUT2D eigenvalue weighted by Crippen LogP contribution is 2.12. The first-order valence-corrected chi connectivity index (χ1v) is 6.25. The van der Waals surface area contributed by atoms with Gasteiger partial charge in [0.1, 0.15) is 12.0 Å². The zero-order valence-electron chi connectivity index (χ0n) is 11.0. The number of hydrogen-bond donors (Lipinski definition) is 4. The van der Waals surface area contributed by atoms with Gasteiger partial charge in [0.25, 0.3) is 0 Å². The fourth-order valence-electron chi connectivity index (χ4n) is 2.05. The summed E-state index contributed by atoms with van der Waals surface area (Å²) in [6.45, 7) is 0. The second-order valence-electron chi connectivity index (χ2n) is 4.41. The molecule has 0 atom stereocenters. The van der Waals surface area contributed by atoms with E-state index in [-0.39, 0.29) is 5.84 Å². The third-order valence-corrected chi connectivity index (χ3v) is 3.00. The number of hydrazine groups is 1. The van der Waals surface area contributed by atoms with Crippen molar-refractivity contribution in [3.63, 3.8) is 0 Å². The molecule has 0 aliphatic heterocycles. The monoisotopic (exact) mass is 283 g/mol. The van der Waals surface area contributed by atoms with Crippen molar-refractivity contribution in [1.82, 2.24) is 30.6 Å². The predicted molar refractivity (Wildman–Crippen MR) is 74.9 cm³/mol.